The van der Waals surface area contributed by atoms with E-state index in [9.17, 15) is 4.79 Å². The Morgan fingerprint density at radius 3 is 2.89 bits per heavy atom. The highest BCUT2D eigenvalue weighted by Gasteiger charge is 2.21. The zero-order valence-corrected chi connectivity index (χ0v) is 11.2. The van der Waals surface area contributed by atoms with Gasteiger partial charge in [0.25, 0.3) is 0 Å². The standard InChI is InChI=1S/C14H21N3O2/c1-19-9-14(18)17-12-4-2-3-11(8-12)16-13-6-5-10(15)7-13/h2-4,8,10,13,16H,5-7,9,15H2,1H3,(H,17,18). The topological polar surface area (TPSA) is 76.4 Å². The molecule has 2 atom stereocenters. The summed E-state index contributed by atoms with van der Waals surface area (Å²) in [6.07, 6.45) is 3.17. The summed E-state index contributed by atoms with van der Waals surface area (Å²) >= 11 is 0. The van der Waals surface area contributed by atoms with Crippen molar-refractivity contribution in [2.75, 3.05) is 24.4 Å². The Bertz CT molecular complexity index is 436. The fourth-order valence-corrected chi connectivity index (χ4v) is 2.40. The summed E-state index contributed by atoms with van der Waals surface area (Å²) in [4.78, 5) is 11.4. The van der Waals surface area contributed by atoms with Crippen molar-refractivity contribution in [3.63, 3.8) is 0 Å². The molecule has 5 heteroatoms. The van der Waals surface area contributed by atoms with Crippen LogP contribution in [0, 0.1) is 0 Å². The number of rotatable bonds is 5. The van der Waals surface area contributed by atoms with Gasteiger partial charge in [-0.2, -0.15) is 0 Å². The fourth-order valence-electron chi connectivity index (χ4n) is 2.40. The van der Waals surface area contributed by atoms with E-state index in [4.69, 9.17) is 10.5 Å². The van der Waals surface area contributed by atoms with Crippen LogP contribution in [0.1, 0.15) is 19.3 Å². The molecule has 0 heterocycles. The maximum Gasteiger partial charge on any atom is 0.250 e. The van der Waals surface area contributed by atoms with Crippen LogP contribution in [0.5, 0.6) is 0 Å². The molecule has 5 nitrogen and oxygen atoms in total. The summed E-state index contributed by atoms with van der Waals surface area (Å²) in [5.41, 5.74) is 7.68. The molecule has 0 bridgehead atoms. The van der Waals surface area contributed by atoms with Gasteiger partial charge < -0.3 is 21.1 Å². The van der Waals surface area contributed by atoms with Crippen molar-refractivity contribution in [1.29, 1.82) is 0 Å². The first-order valence-corrected chi connectivity index (χ1v) is 6.58. The molecule has 1 aromatic carbocycles. The number of methoxy groups -OCH3 is 1. The Hall–Kier alpha value is -1.59. The van der Waals surface area contributed by atoms with Crippen molar-refractivity contribution in [3.05, 3.63) is 24.3 Å². The van der Waals surface area contributed by atoms with E-state index in [-0.39, 0.29) is 12.5 Å². The van der Waals surface area contributed by atoms with E-state index in [1.54, 1.807) is 0 Å². The molecule has 1 aliphatic rings. The third-order valence-corrected chi connectivity index (χ3v) is 3.27. The van der Waals surface area contributed by atoms with Gasteiger partial charge in [0.15, 0.2) is 0 Å². The van der Waals surface area contributed by atoms with Gasteiger partial charge in [0.1, 0.15) is 6.61 Å². The van der Waals surface area contributed by atoms with Crippen molar-refractivity contribution >= 4 is 17.3 Å². The number of ether oxygens (including phenoxy) is 1. The number of nitrogens with two attached hydrogens (primary N) is 1. The predicted molar refractivity (Wildman–Crippen MR) is 76.2 cm³/mol. The van der Waals surface area contributed by atoms with Crippen LogP contribution in [0.3, 0.4) is 0 Å². The van der Waals surface area contributed by atoms with E-state index in [0.29, 0.717) is 12.1 Å². The lowest BCUT2D eigenvalue weighted by atomic mass is 10.2. The first kappa shape index (κ1) is 13.8. The normalized spacial score (nSPS) is 22.2. The molecule has 0 saturated heterocycles. The lowest BCUT2D eigenvalue weighted by Crippen LogP contribution is -2.21. The largest absolute Gasteiger partial charge is 0.382 e. The monoisotopic (exact) mass is 263 g/mol. The quantitative estimate of drug-likeness (QED) is 0.753. The molecule has 1 aromatic rings. The third-order valence-electron chi connectivity index (χ3n) is 3.27. The van der Waals surface area contributed by atoms with Crippen molar-refractivity contribution < 1.29 is 9.53 Å². The summed E-state index contributed by atoms with van der Waals surface area (Å²) in [5.74, 6) is -0.150. The van der Waals surface area contributed by atoms with Gasteiger partial charge in [-0.05, 0) is 37.5 Å². The van der Waals surface area contributed by atoms with E-state index in [0.717, 1.165) is 30.6 Å². The van der Waals surface area contributed by atoms with Crippen LogP contribution in [-0.4, -0.2) is 31.7 Å². The summed E-state index contributed by atoms with van der Waals surface area (Å²) in [6, 6.07) is 8.44. The molecule has 0 spiro atoms. The number of amides is 1. The summed E-state index contributed by atoms with van der Waals surface area (Å²) in [6.45, 7) is 0.0646. The van der Waals surface area contributed by atoms with Gasteiger partial charge in [0.05, 0.1) is 0 Å². The zero-order chi connectivity index (χ0) is 13.7. The highest BCUT2D eigenvalue weighted by atomic mass is 16.5. The molecule has 1 aliphatic carbocycles. The molecule has 2 unspecified atom stereocenters. The Kier molecular flexibility index (Phi) is 4.76. The van der Waals surface area contributed by atoms with E-state index in [2.05, 4.69) is 10.6 Å². The van der Waals surface area contributed by atoms with Crippen LogP contribution < -0.4 is 16.4 Å². The minimum atomic E-state index is -0.150. The van der Waals surface area contributed by atoms with Gasteiger partial charge in [-0.15, -0.1) is 0 Å². The highest BCUT2D eigenvalue weighted by molar-refractivity contribution is 5.92. The van der Waals surface area contributed by atoms with Crippen LogP contribution in [0.25, 0.3) is 0 Å². The highest BCUT2D eigenvalue weighted by Crippen LogP contribution is 2.23. The molecule has 1 saturated carbocycles. The second kappa shape index (κ2) is 6.54. The van der Waals surface area contributed by atoms with Crippen LogP contribution in [0.4, 0.5) is 11.4 Å². The van der Waals surface area contributed by atoms with Gasteiger partial charge in [0, 0.05) is 30.6 Å². The molecular weight excluding hydrogens is 242 g/mol. The Morgan fingerprint density at radius 1 is 1.42 bits per heavy atom. The smallest absolute Gasteiger partial charge is 0.250 e. The second-order valence-electron chi connectivity index (χ2n) is 4.98. The van der Waals surface area contributed by atoms with Crippen molar-refractivity contribution in [2.45, 2.75) is 31.3 Å². The first-order valence-electron chi connectivity index (χ1n) is 6.58. The lowest BCUT2D eigenvalue weighted by Gasteiger charge is -2.15. The van der Waals surface area contributed by atoms with Crippen LogP contribution in [0.15, 0.2) is 24.3 Å². The third kappa shape index (κ3) is 4.22. The molecule has 104 valence electrons. The molecular formula is C14H21N3O2. The van der Waals surface area contributed by atoms with E-state index < -0.39 is 0 Å². The van der Waals surface area contributed by atoms with E-state index in [1.165, 1.54) is 7.11 Å². The van der Waals surface area contributed by atoms with Crippen LogP contribution >= 0.6 is 0 Å². The molecule has 4 N–H and O–H groups in total. The molecule has 19 heavy (non-hydrogen) atoms. The molecule has 1 fully saturated rings. The number of hydrogen-bond donors (Lipinski definition) is 3. The van der Waals surface area contributed by atoms with Crippen LogP contribution in [-0.2, 0) is 9.53 Å². The average molecular weight is 263 g/mol. The second-order valence-corrected chi connectivity index (χ2v) is 4.98. The molecule has 0 aromatic heterocycles. The van der Waals surface area contributed by atoms with Crippen LogP contribution in [0.2, 0.25) is 0 Å². The number of carbonyl (C=O) groups is 1. The molecule has 2 rings (SSSR count). The maximum atomic E-state index is 11.4. The Labute approximate surface area is 113 Å². The fraction of sp³-hybridized carbons (Fsp3) is 0.500. The first-order chi connectivity index (χ1) is 9.17. The molecule has 0 radical (unpaired) electrons. The summed E-state index contributed by atoms with van der Waals surface area (Å²) in [7, 11) is 1.50. The average Bonchev–Trinajstić information content (AvgIpc) is 2.75. The van der Waals surface area contributed by atoms with Crippen molar-refractivity contribution in [2.24, 2.45) is 5.73 Å². The van der Waals surface area contributed by atoms with Gasteiger partial charge >= 0.3 is 0 Å². The number of benzene rings is 1. The molecule has 0 aliphatic heterocycles. The summed E-state index contributed by atoms with van der Waals surface area (Å²) < 4.78 is 4.78. The lowest BCUT2D eigenvalue weighted by molar-refractivity contribution is -0.119. The van der Waals surface area contributed by atoms with Gasteiger partial charge in [-0.25, -0.2) is 0 Å². The van der Waals surface area contributed by atoms with E-state index in [1.807, 2.05) is 24.3 Å². The number of hydrogen-bond acceptors (Lipinski definition) is 4. The van der Waals surface area contributed by atoms with Gasteiger partial charge in [0.2, 0.25) is 5.91 Å². The minimum Gasteiger partial charge on any atom is -0.382 e. The Morgan fingerprint density at radius 2 is 2.21 bits per heavy atom. The SMILES string of the molecule is COCC(=O)Nc1cccc(NC2CCC(N)C2)c1. The maximum absolute atomic E-state index is 11.4. The van der Waals surface area contributed by atoms with Crippen molar-refractivity contribution in [1.82, 2.24) is 0 Å². The van der Waals surface area contributed by atoms with E-state index >= 15 is 0 Å². The Balaban J connectivity index is 1.93. The van der Waals surface area contributed by atoms with Gasteiger partial charge in [-0.3, -0.25) is 4.79 Å². The predicted octanol–water partition coefficient (Wildman–Crippen LogP) is 1.56. The number of carbonyl (C=O) groups excluding carboxylic acids is 1. The number of anilines is 2. The van der Waals surface area contributed by atoms with Gasteiger partial charge in [-0.1, -0.05) is 6.07 Å². The zero-order valence-electron chi connectivity index (χ0n) is 11.2. The number of nitrogens with one attached hydrogen (secondary N) is 2. The van der Waals surface area contributed by atoms with Crippen molar-refractivity contribution in [3.8, 4) is 0 Å². The molecule has 1 amide bonds. The minimum absolute atomic E-state index is 0.0646. The summed E-state index contributed by atoms with van der Waals surface area (Å²) in [5, 5.41) is 6.24.